The van der Waals surface area contributed by atoms with E-state index in [0.717, 1.165) is 11.8 Å². The van der Waals surface area contributed by atoms with E-state index < -0.39 is 0 Å². The molecule has 1 saturated heterocycles. The molecule has 1 N–H and O–H groups in total. The molecule has 0 radical (unpaired) electrons. The van der Waals surface area contributed by atoms with E-state index in [1.165, 1.54) is 58.4 Å². The average molecular weight is 196 g/mol. The van der Waals surface area contributed by atoms with Crippen molar-refractivity contribution in [1.29, 1.82) is 0 Å². The highest BCUT2D eigenvalue weighted by molar-refractivity contribution is 4.79. The molecule has 0 atom stereocenters. The molecule has 2 aliphatic rings. The fourth-order valence-electron chi connectivity index (χ4n) is 2.43. The summed E-state index contributed by atoms with van der Waals surface area (Å²) < 4.78 is 0. The molecule has 1 aliphatic carbocycles. The Morgan fingerprint density at radius 2 is 1.57 bits per heavy atom. The van der Waals surface area contributed by atoms with Crippen molar-refractivity contribution in [1.82, 2.24) is 10.2 Å². The van der Waals surface area contributed by atoms with Crippen molar-refractivity contribution in [3.63, 3.8) is 0 Å². The summed E-state index contributed by atoms with van der Waals surface area (Å²) in [6.45, 7) is 8.77. The molecule has 0 aromatic rings. The van der Waals surface area contributed by atoms with Crippen LogP contribution < -0.4 is 5.32 Å². The van der Waals surface area contributed by atoms with E-state index in [1.54, 1.807) is 0 Å². The molecule has 0 amide bonds. The van der Waals surface area contributed by atoms with E-state index in [9.17, 15) is 0 Å². The largest absolute Gasteiger partial charge is 0.317 e. The van der Waals surface area contributed by atoms with Crippen molar-refractivity contribution < 1.29 is 0 Å². The van der Waals surface area contributed by atoms with Gasteiger partial charge in [0.15, 0.2) is 0 Å². The molecular formula is C12H24N2. The second-order valence-corrected chi connectivity index (χ2v) is 4.99. The molecule has 2 fully saturated rings. The van der Waals surface area contributed by atoms with Gasteiger partial charge >= 0.3 is 0 Å². The number of rotatable bonds is 5. The Labute approximate surface area is 88.1 Å². The molecule has 1 saturated carbocycles. The molecule has 0 aromatic heterocycles. The van der Waals surface area contributed by atoms with Gasteiger partial charge in [-0.05, 0) is 57.2 Å². The Balaban J connectivity index is 1.68. The summed E-state index contributed by atoms with van der Waals surface area (Å²) in [6, 6.07) is 0. The van der Waals surface area contributed by atoms with Gasteiger partial charge in [0.25, 0.3) is 0 Å². The Morgan fingerprint density at radius 1 is 1.00 bits per heavy atom. The zero-order valence-electron chi connectivity index (χ0n) is 9.47. The number of hydrogen-bond acceptors (Lipinski definition) is 2. The zero-order valence-corrected chi connectivity index (χ0v) is 9.47. The van der Waals surface area contributed by atoms with Crippen LogP contribution in [0.4, 0.5) is 0 Å². The van der Waals surface area contributed by atoms with Gasteiger partial charge in [-0.25, -0.2) is 0 Å². The summed E-state index contributed by atoms with van der Waals surface area (Å²) in [5.41, 5.74) is 0. The molecule has 82 valence electrons. The highest BCUT2D eigenvalue weighted by atomic mass is 15.1. The van der Waals surface area contributed by atoms with E-state index in [-0.39, 0.29) is 0 Å². The number of nitrogens with zero attached hydrogens (tertiary/aromatic N) is 1. The lowest BCUT2D eigenvalue weighted by Gasteiger charge is -2.29. The molecule has 2 rings (SSSR count). The van der Waals surface area contributed by atoms with Gasteiger partial charge in [-0.1, -0.05) is 6.92 Å². The van der Waals surface area contributed by atoms with Crippen LogP contribution in [0.25, 0.3) is 0 Å². The third kappa shape index (κ3) is 3.25. The van der Waals surface area contributed by atoms with Gasteiger partial charge < -0.3 is 10.2 Å². The molecular weight excluding hydrogens is 172 g/mol. The van der Waals surface area contributed by atoms with E-state index in [2.05, 4.69) is 17.1 Å². The molecule has 0 spiro atoms. The van der Waals surface area contributed by atoms with Crippen molar-refractivity contribution in [3.8, 4) is 0 Å². The summed E-state index contributed by atoms with van der Waals surface area (Å²) in [4.78, 5) is 2.67. The Bertz CT molecular complexity index is 160. The first-order valence-corrected chi connectivity index (χ1v) is 6.31. The second-order valence-electron chi connectivity index (χ2n) is 4.99. The Kier molecular flexibility index (Phi) is 3.82. The first-order chi connectivity index (χ1) is 6.88. The highest BCUT2D eigenvalue weighted by Gasteiger charge is 2.25. The maximum atomic E-state index is 3.44. The van der Waals surface area contributed by atoms with Crippen molar-refractivity contribution in [3.05, 3.63) is 0 Å². The van der Waals surface area contributed by atoms with Crippen molar-refractivity contribution in [2.75, 3.05) is 32.7 Å². The van der Waals surface area contributed by atoms with E-state index >= 15 is 0 Å². The minimum atomic E-state index is 0.968. The predicted octanol–water partition coefficient (Wildman–Crippen LogP) is 1.72. The van der Waals surface area contributed by atoms with Gasteiger partial charge in [0.05, 0.1) is 0 Å². The fraction of sp³-hybridized carbons (Fsp3) is 1.00. The van der Waals surface area contributed by atoms with Crippen molar-refractivity contribution in [2.45, 2.75) is 32.6 Å². The van der Waals surface area contributed by atoms with Gasteiger partial charge in [0, 0.05) is 13.1 Å². The van der Waals surface area contributed by atoms with Crippen LogP contribution in [0.15, 0.2) is 0 Å². The van der Waals surface area contributed by atoms with Gasteiger partial charge in [-0.15, -0.1) is 0 Å². The topological polar surface area (TPSA) is 15.3 Å². The first-order valence-electron chi connectivity index (χ1n) is 6.31. The highest BCUT2D eigenvalue weighted by Crippen LogP contribution is 2.30. The minimum Gasteiger partial charge on any atom is -0.317 e. The minimum absolute atomic E-state index is 0.968. The molecule has 1 heterocycles. The lowest BCUT2D eigenvalue weighted by atomic mass is 9.97. The van der Waals surface area contributed by atoms with Gasteiger partial charge in [0.2, 0.25) is 0 Å². The van der Waals surface area contributed by atoms with Gasteiger partial charge in [0.1, 0.15) is 0 Å². The van der Waals surface area contributed by atoms with Crippen LogP contribution in [0.2, 0.25) is 0 Å². The van der Waals surface area contributed by atoms with Crippen LogP contribution >= 0.6 is 0 Å². The quantitative estimate of drug-likeness (QED) is 0.720. The normalized spacial score (nSPS) is 24.4. The van der Waals surface area contributed by atoms with Crippen LogP contribution in [0.3, 0.4) is 0 Å². The van der Waals surface area contributed by atoms with E-state index in [1.807, 2.05) is 0 Å². The lowest BCUT2D eigenvalue weighted by Crippen LogP contribution is -2.37. The Hall–Kier alpha value is -0.0800. The first kappa shape index (κ1) is 10.4. The summed E-state index contributed by atoms with van der Waals surface area (Å²) >= 11 is 0. The van der Waals surface area contributed by atoms with Crippen molar-refractivity contribution >= 4 is 0 Å². The smallest absolute Gasteiger partial charge is 0.00106 e. The lowest BCUT2D eigenvalue weighted by molar-refractivity contribution is 0.207. The molecule has 2 heteroatoms. The number of nitrogens with one attached hydrogen (secondary N) is 1. The number of hydrogen-bond donors (Lipinski definition) is 1. The summed E-state index contributed by atoms with van der Waals surface area (Å²) in [5.74, 6) is 2.02. The number of piperidine rings is 1. The summed E-state index contributed by atoms with van der Waals surface area (Å²) in [5, 5.41) is 3.44. The Morgan fingerprint density at radius 3 is 2.07 bits per heavy atom. The van der Waals surface area contributed by atoms with Crippen LogP contribution in [-0.2, 0) is 0 Å². The second kappa shape index (κ2) is 5.13. The standard InChI is InChI=1S/C12H24N2/c1-2-14(9-11-3-4-11)10-12-5-7-13-8-6-12/h11-13H,2-10H2,1H3. The van der Waals surface area contributed by atoms with E-state index in [4.69, 9.17) is 0 Å². The average Bonchev–Trinajstić information content (AvgIpc) is 3.02. The molecule has 0 bridgehead atoms. The SMILES string of the molecule is CCN(CC1CCNCC1)CC1CC1. The van der Waals surface area contributed by atoms with Crippen LogP contribution in [0.1, 0.15) is 32.6 Å². The maximum Gasteiger partial charge on any atom is 0.00106 e. The third-order valence-electron chi connectivity index (χ3n) is 3.64. The van der Waals surface area contributed by atoms with E-state index in [0.29, 0.717) is 0 Å². The summed E-state index contributed by atoms with van der Waals surface area (Å²) in [6.07, 6.45) is 5.76. The van der Waals surface area contributed by atoms with Crippen LogP contribution in [-0.4, -0.2) is 37.6 Å². The predicted molar refractivity (Wildman–Crippen MR) is 60.4 cm³/mol. The molecule has 2 nitrogen and oxygen atoms in total. The molecule has 14 heavy (non-hydrogen) atoms. The van der Waals surface area contributed by atoms with Gasteiger partial charge in [-0.3, -0.25) is 0 Å². The molecule has 0 unspecified atom stereocenters. The summed E-state index contributed by atoms with van der Waals surface area (Å²) in [7, 11) is 0. The monoisotopic (exact) mass is 196 g/mol. The van der Waals surface area contributed by atoms with Crippen molar-refractivity contribution in [2.24, 2.45) is 11.8 Å². The van der Waals surface area contributed by atoms with Gasteiger partial charge in [-0.2, -0.15) is 0 Å². The van der Waals surface area contributed by atoms with Crippen LogP contribution in [0.5, 0.6) is 0 Å². The zero-order chi connectivity index (χ0) is 9.80. The fourth-order valence-corrected chi connectivity index (χ4v) is 2.43. The maximum absolute atomic E-state index is 3.44. The molecule has 0 aromatic carbocycles. The third-order valence-corrected chi connectivity index (χ3v) is 3.64. The molecule has 1 aliphatic heterocycles. The van der Waals surface area contributed by atoms with Crippen LogP contribution in [0, 0.1) is 11.8 Å².